The number of halogens is 1. The first-order valence-corrected chi connectivity index (χ1v) is 5.15. The Kier molecular flexibility index (Phi) is 2.95. The van der Waals surface area contributed by atoms with Crippen molar-refractivity contribution in [3.8, 4) is 0 Å². The van der Waals surface area contributed by atoms with Crippen LogP contribution in [0.3, 0.4) is 0 Å². The van der Waals surface area contributed by atoms with Crippen LogP contribution in [0.15, 0.2) is 29.4 Å². The molecule has 1 unspecified atom stereocenters. The van der Waals surface area contributed by atoms with E-state index in [2.05, 4.69) is 5.16 Å². The van der Waals surface area contributed by atoms with E-state index in [1.807, 2.05) is 0 Å². The molecule has 17 heavy (non-hydrogen) atoms. The van der Waals surface area contributed by atoms with Crippen LogP contribution in [0.2, 0.25) is 0 Å². The number of rotatable bonds is 2. The highest BCUT2D eigenvalue weighted by Gasteiger charge is 2.33. The Morgan fingerprint density at radius 3 is 2.71 bits per heavy atom. The first kappa shape index (κ1) is 11.4. The quantitative estimate of drug-likeness (QED) is 0.347. The second kappa shape index (κ2) is 4.40. The number of carbonyl (C=O) groups is 1. The number of hydrogen-bond donors (Lipinski definition) is 2. The molecule has 0 aromatic heterocycles. The van der Waals surface area contributed by atoms with Crippen molar-refractivity contribution in [1.82, 2.24) is 0 Å². The summed E-state index contributed by atoms with van der Waals surface area (Å²) in [6.07, 6.45) is 0.202. The minimum atomic E-state index is -0.353. The highest BCUT2D eigenvalue weighted by Crippen LogP contribution is 2.25. The standard InChI is InChI=1S/C11H12FN3O2/c12-8-1-3-9(4-2-8)15-6-7(5-10(15)16)11(13)14-17/h1-4,7,17H,5-6H2,(H2,13,14). The second-order valence-electron chi connectivity index (χ2n) is 3.91. The molecule has 1 aromatic rings. The fourth-order valence-corrected chi connectivity index (χ4v) is 1.86. The lowest BCUT2D eigenvalue weighted by atomic mass is 10.1. The molecule has 0 spiro atoms. The maximum Gasteiger partial charge on any atom is 0.227 e. The molecule has 1 atom stereocenters. The summed E-state index contributed by atoms with van der Waals surface area (Å²) in [7, 11) is 0. The van der Waals surface area contributed by atoms with Crippen molar-refractivity contribution in [2.24, 2.45) is 16.8 Å². The molecular formula is C11H12FN3O2. The van der Waals surface area contributed by atoms with Gasteiger partial charge in [0.25, 0.3) is 0 Å². The van der Waals surface area contributed by atoms with Crippen LogP contribution in [-0.4, -0.2) is 23.5 Å². The van der Waals surface area contributed by atoms with E-state index in [4.69, 9.17) is 10.9 Å². The predicted molar refractivity (Wildman–Crippen MR) is 60.3 cm³/mol. The number of hydrogen-bond acceptors (Lipinski definition) is 3. The summed E-state index contributed by atoms with van der Waals surface area (Å²) >= 11 is 0. The van der Waals surface area contributed by atoms with Gasteiger partial charge in [-0.2, -0.15) is 0 Å². The Balaban J connectivity index is 2.18. The number of anilines is 1. The zero-order valence-electron chi connectivity index (χ0n) is 9.01. The maximum atomic E-state index is 12.8. The van der Waals surface area contributed by atoms with E-state index in [-0.39, 0.29) is 29.9 Å². The van der Waals surface area contributed by atoms with Crippen LogP contribution in [0, 0.1) is 11.7 Å². The summed E-state index contributed by atoms with van der Waals surface area (Å²) < 4.78 is 12.8. The maximum absolute atomic E-state index is 12.8. The third-order valence-corrected chi connectivity index (χ3v) is 2.80. The van der Waals surface area contributed by atoms with Gasteiger partial charge >= 0.3 is 0 Å². The SMILES string of the molecule is N/C(=N\O)C1CC(=O)N(c2ccc(F)cc2)C1. The van der Waals surface area contributed by atoms with Crippen LogP contribution in [0.5, 0.6) is 0 Å². The molecule has 3 N–H and O–H groups in total. The Labute approximate surface area is 97.3 Å². The number of oxime groups is 1. The number of carbonyl (C=O) groups excluding carboxylic acids is 1. The first-order valence-electron chi connectivity index (χ1n) is 5.15. The van der Waals surface area contributed by atoms with Gasteiger partial charge in [0.1, 0.15) is 11.7 Å². The summed E-state index contributed by atoms with van der Waals surface area (Å²) in [5.41, 5.74) is 6.08. The summed E-state index contributed by atoms with van der Waals surface area (Å²) in [5.74, 6) is -0.720. The molecule has 1 aliphatic rings. The Hall–Kier alpha value is -2.11. The van der Waals surface area contributed by atoms with E-state index in [0.29, 0.717) is 12.2 Å². The molecule has 1 fully saturated rings. The van der Waals surface area contributed by atoms with Gasteiger partial charge in [0.05, 0.1) is 0 Å². The predicted octanol–water partition coefficient (Wildman–Crippen LogP) is 0.925. The van der Waals surface area contributed by atoms with Crippen LogP contribution < -0.4 is 10.6 Å². The van der Waals surface area contributed by atoms with Crippen molar-refractivity contribution >= 4 is 17.4 Å². The summed E-state index contributed by atoms with van der Waals surface area (Å²) in [4.78, 5) is 13.2. The average Bonchev–Trinajstić information content (AvgIpc) is 2.71. The van der Waals surface area contributed by atoms with E-state index >= 15 is 0 Å². The minimum Gasteiger partial charge on any atom is -0.409 e. The van der Waals surface area contributed by atoms with Crippen molar-refractivity contribution in [1.29, 1.82) is 0 Å². The van der Waals surface area contributed by atoms with Gasteiger partial charge in [-0.15, -0.1) is 0 Å². The Morgan fingerprint density at radius 2 is 2.12 bits per heavy atom. The number of amides is 1. The van der Waals surface area contributed by atoms with Crippen molar-refractivity contribution in [2.75, 3.05) is 11.4 Å². The molecule has 1 heterocycles. The molecule has 0 bridgehead atoms. The molecule has 0 saturated carbocycles. The van der Waals surface area contributed by atoms with Crippen LogP contribution in [0.25, 0.3) is 0 Å². The number of amidine groups is 1. The van der Waals surface area contributed by atoms with Crippen LogP contribution in [0.4, 0.5) is 10.1 Å². The van der Waals surface area contributed by atoms with Gasteiger partial charge in [-0.1, -0.05) is 5.16 Å². The largest absolute Gasteiger partial charge is 0.409 e. The molecule has 1 aliphatic heterocycles. The molecule has 1 amide bonds. The molecule has 1 saturated heterocycles. The summed E-state index contributed by atoms with van der Waals surface area (Å²) in [6.45, 7) is 0.348. The van der Waals surface area contributed by atoms with Gasteiger partial charge in [-0.05, 0) is 24.3 Å². The lowest BCUT2D eigenvalue weighted by molar-refractivity contribution is -0.117. The number of nitrogens with two attached hydrogens (primary N) is 1. The molecule has 5 nitrogen and oxygen atoms in total. The normalized spacial score (nSPS) is 21.0. The lowest BCUT2D eigenvalue weighted by Gasteiger charge is -2.16. The van der Waals surface area contributed by atoms with Crippen molar-refractivity contribution < 1.29 is 14.4 Å². The monoisotopic (exact) mass is 237 g/mol. The van der Waals surface area contributed by atoms with Gasteiger partial charge in [-0.3, -0.25) is 4.79 Å². The van der Waals surface area contributed by atoms with E-state index in [0.717, 1.165) is 0 Å². The molecule has 0 aliphatic carbocycles. The smallest absolute Gasteiger partial charge is 0.227 e. The molecular weight excluding hydrogens is 225 g/mol. The molecule has 2 rings (SSSR count). The third-order valence-electron chi connectivity index (χ3n) is 2.80. The minimum absolute atomic E-state index is 0.0444. The fraction of sp³-hybridized carbons (Fsp3) is 0.273. The van der Waals surface area contributed by atoms with Gasteiger partial charge in [-0.25, -0.2) is 4.39 Å². The van der Waals surface area contributed by atoms with Crippen LogP contribution >= 0.6 is 0 Å². The first-order chi connectivity index (χ1) is 8.11. The van der Waals surface area contributed by atoms with E-state index < -0.39 is 0 Å². The van der Waals surface area contributed by atoms with Gasteiger partial charge < -0.3 is 15.8 Å². The fourth-order valence-electron chi connectivity index (χ4n) is 1.86. The van der Waals surface area contributed by atoms with Crippen molar-refractivity contribution in [3.63, 3.8) is 0 Å². The molecule has 6 heteroatoms. The lowest BCUT2D eigenvalue weighted by Crippen LogP contribution is -2.28. The topological polar surface area (TPSA) is 78.9 Å². The zero-order valence-corrected chi connectivity index (χ0v) is 9.01. The van der Waals surface area contributed by atoms with E-state index in [1.165, 1.54) is 29.2 Å². The second-order valence-corrected chi connectivity index (χ2v) is 3.91. The highest BCUT2D eigenvalue weighted by molar-refractivity contribution is 6.00. The Morgan fingerprint density at radius 1 is 1.47 bits per heavy atom. The van der Waals surface area contributed by atoms with E-state index in [9.17, 15) is 9.18 Å². The molecule has 0 radical (unpaired) electrons. The van der Waals surface area contributed by atoms with E-state index in [1.54, 1.807) is 0 Å². The molecule has 1 aromatic carbocycles. The number of benzene rings is 1. The van der Waals surface area contributed by atoms with Gasteiger partial charge in [0.2, 0.25) is 5.91 Å². The Bertz CT molecular complexity index is 458. The van der Waals surface area contributed by atoms with Crippen LogP contribution in [0.1, 0.15) is 6.42 Å². The summed E-state index contributed by atoms with van der Waals surface area (Å²) in [6, 6.07) is 5.64. The average molecular weight is 237 g/mol. The van der Waals surface area contributed by atoms with Crippen molar-refractivity contribution in [3.05, 3.63) is 30.1 Å². The third kappa shape index (κ3) is 2.20. The number of nitrogens with zero attached hydrogens (tertiary/aromatic N) is 2. The van der Waals surface area contributed by atoms with Gasteiger partial charge in [0.15, 0.2) is 0 Å². The van der Waals surface area contributed by atoms with Gasteiger partial charge in [0, 0.05) is 24.6 Å². The molecule has 90 valence electrons. The van der Waals surface area contributed by atoms with Crippen LogP contribution in [-0.2, 0) is 4.79 Å². The zero-order chi connectivity index (χ0) is 12.4. The summed E-state index contributed by atoms with van der Waals surface area (Å²) in [5, 5.41) is 11.5. The van der Waals surface area contributed by atoms with Crippen molar-refractivity contribution in [2.45, 2.75) is 6.42 Å². The highest BCUT2D eigenvalue weighted by atomic mass is 19.1.